The van der Waals surface area contributed by atoms with Gasteiger partial charge in [-0.1, -0.05) is 55.4 Å². The molecule has 1 saturated carbocycles. The zero-order chi connectivity index (χ0) is 56.1. The third kappa shape index (κ3) is 13.4. The monoisotopic (exact) mass is 1090 g/mol. The first kappa shape index (κ1) is 57.6. The number of nitrogens with one attached hydrogen (secondary N) is 4. The Morgan fingerprint density at radius 2 is 1.67 bits per heavy atom. The van der Waals surface area contributed by atoms with Crippen LogP contribution in [-0.2, 0) is 50.8 Å². The van der Waals surface area contributed by atoms with E-state index in [1.165, 1.54) is 45.8 Å². The SMILES string of the molecule is C/C(=C\C(=O)N[C@H]1CCC[C@H]2SC(C)(C)[C@@H](C(=O)N[C@@H](CCC(N)=O)C(=O)N[C@H](C(=O)N3CCC(CCC#Cc4cccc5c4CN(C4CCC(=O)NC4=O)C5=O)CC3)C3CCCCC3)N2C1=O)c1cccc(C(C)(F)F)c1. The standard InChI is InChI=1S/C58H72F2N8O9S/c1-34(38-18-10-19-39(32-38)58(4,59)60)31-47(71)62-43-21-12-22-48-68(55(43)76)50(57(2,3)78-48)53(74)63-42(23-25-45(61)69)51(72)65-49(37-15-6-5-7-16-37)56(77)66-29-27-35(28-30-66)13-8-9-14-36-17-11-20-40-41(36)33-67(54(40)75)44-24-26-46(70)64-52(44)73/h10-11,17-20,31-32,35,37,42-44,48-50H,5-8,12-13,15-16,21-30,33H2,1-4H3,(H2,61,69)(H,62,71)(H,63,74)(H,65,72)(H,64,70,73)/b34-31+/t42-,43-,44?,48+,49-,50+/m0/s1. The Morgan fingerprint density at radius 3 is 2.37 bits per heavy atom. The Balaban J connectivity index is 0.896. The molecule has 0 bridgehead atoms. The molecule has 6 atom stereocenters. The average Bonchev–Trinajstić information content (AvgIpc) is 4.04. The fraction of sp³-hybridized carbons (Fsp3) is 0.569. The van der Waals surface area contributed by atoms with E-state index in [0.717, 1.165) is 69.4 Å². The third-order valence-electron chi connectivity index (χ3n) is 16.3. The summed E-state index contributed by atoms with van der Waals surface area (Å²) >= 11 is 1.45. The number of piperidine rings is 2. The van der Waals surface area contributed by atoms with Crippen molar-refractivity contribution >= 4 is 70.5 Å². The van der Waals surface area contributed by atoms with Crippen molar-refractivity contribution in [2.75, 3.05) is 13.1 Å². The van der Waals surface area contributed by atoms with Crippen LogP contribution in [0.1, 0.15) is 163 Å². The molecule has 1 unspecified atom stereocenters. The zero-order valence-corrected chi connectivity index (χ0v) is 45.7. The van der Waals surface area contributed by atoms with Crippen LogP contribution in [0.2, 0.25) is 0 Å². The van der Waals surface area contributed by atoms with Crippen molar-refractivity contribution in [3.8, 4) is 11.8 Å². The maximum atomic E-state index is 14.7. The van der Waals surface area contributed by atoms with Gasteiger partial charge in [-0.25, -0.2) is 8.78 Å². The van der Waals surface area contributed by atoms with Crippen LogP contribution in [0.4, 0.5) is 8.78 Å². The lowest BCUT2D eigenvalue weighted by atomic mass is 9.82. The lowest BCUT2D eigenvalue weighted by Gasteiger charge is -2.38. The molecule has 0 radical (unpaired) electrons. The summed E-state index contributed by atoms with van der Waals surface area (Å²) in [4.78, 5) is 126. The van der Waals surface area contributed by atoms with Crippen LogP contribution in [0.5, 0.6) is 0 Å². The molecule has 8 rings (SSSR count). The van der Waals surface area contributed by atoms with Gasteiger partial charge in [0.2, 0.25) is 47.3 Å². The van der Waals surface area contributed by atoms with Crippen molar-refractivity contribution in [1.82, 2.24) is 36.0 Å². The minimum atomic E-state index is -3.08. The normalized spacial score (nSPS) is 23.7. The van der Waals surface area contributed by atoms with Gasteiger partial charge >= 0.3 is 0 Å². The number of carbonyl (C=O) groups excluding carboxylic acids is 9. The minimum Gasteiger partial charge on any atom is -0.370 e. The number of benzene rings is 2. The summed E-state index contributed by atoms with van der Waals surface area (Å²) in [7, 11) is 0. The predicted molar refractivity (Wildman–Crippen MR) is 288 cm³/mol. The van der Waals surface area contributed by atoms with Crippen LogP contribution in [-0.4, -0.2) is 121 Å². The van der Waals surface area contributed by atoms with Crippen molar-refractivity contribution in [1.29, 1.82) is 0 Å². The maximum absolute atomic E-state index is 14.7. The van der Waals surface area contributed by atoms with Crippen molar-refractivity contribution in [2.45, 2.75) is 183 Å². The summed E-state index contributed by atoms with van der Waals surface area (Å²) in [6, 6.07) is 6.13. The van der Waals surface area contributed by atoms with Crippen molar-refractivity contribution in [3.05, 3.63) is 76.4 Å². The topological polar surface area (TPSA) is 237 Å². The maximum Gasteiger partial charge on any atom is 0.270 e. The third-order valence-corrected chi connectivity index (χ3v) is 17.9. The number of imide groups is 1. The number of carbonyl (C=O) groups is 9. The molecule has 1 aliphatic carbocycles. The van der Waals surface area contributed by atoms with E-state index in [4.69, 9.17) is 5.73 Å². The van der Waals surface area contributed by atoms with Gasteiger partial charge in [0.25, 0.3) is 11.8 Å². The second-order valence-electron chi connectivity index (χ2n) is 22.4. The number of nitrogens with zero attached hydrogens (tertiary/aromatic N) is 3. The summed E-state index contributed by atoms with van der Waals surface area (Å²) in [5.41, 5.74) is 8.22. The molecule has 78 heavy (non-hydrogen) atoms. The molecule has 4 saturated heterocycles. The highest BCUT2D eigenvalue weighted by Crippen LogP contribution is 2.48. The quantitative estimate of drug-likeness (QED) is 0.0797. The number of alkyl halides is 2. The number of thioether (sulfide) groups is 1. The Hall–Kier alpha value is -6.62. The summed E-state index contributed by atoms with van der Waals surface area (Å²) in [6.45, 7) is 7.29. The molecule has 6 N–H and O–H groups in total. The second kappa shape index (κ2) is 24.6. The van der Waals surface area contributed by atoms with Gasteiger partial charge in [0.15, 0.2) is 0 Å². The van der Waals surface area contributed by atoms with Crippen LogP contribution >= 0.6 is 11.8 Å². The molecule has 9 amide bonds. The van der Waals surface area contributed by atoms with Crippen LogP contribution in [0, 0.1) is 23.7 Å². The molecule has 20 heteroatoms. The molecule has 5 fully saturated rings. The number of halogens is 2. The highest BCUT2D eigenvalue weighted by atomic mass is 32.2. The smallest absolute Gasteiger partial charge is 0.270 e. The first-order valence-electron chi connectivity index (χ1n) is 27.5. The van der Waals surface area contributed by atoms with E-state index in [1.54, 1.807) is 30.0 Å². The van der Waals surface area contributed by atoms with Crippen LogP contribution < -0.4 is 27.0 Å². The Morgan fingerprint density at radius 1 is 0.936 bits per heavy atom. The van der Waals surface area contributed by atoms with E-state index in [-0.39, 0.29) is 61.4 Å². The van der Waals surface area contributed by atoms with Crippen LogP contribution in [0.25, 0.3) is 5.57 Å². The van der Waals surface area contributed by atoms with E-state index in [9.17, 15) is 51.9 Å². The molecular weight excluding hydrogens is 1020 g/mol. The van der Waals surface area contributed by atoms with Gasteiger partial charge in [-0.15, -0.1) is 11.8 Å². The molecule has 6 aliphatic rings. The second-order valence-corrected chi connectivity index (χ2v) is 24.2. The molecule has 5 aliphatic heterocycles. The first-order chi connectivity index (χ1) is 37.1. The zero-order valence-electron chi connectivity index (χ0n) is 44.9. The highest BCUT2D eigenvalue weighted by molar-refractivity contribution is 8.01. The van der Waals surface area contributed by atoms with Gasteiger partial charge in [0.05, 0.1) is 5.37 Å². The van der Waals surface area contributed by atoms with E-state index in [2.05, 4.69) is 33.1 Å². The van der Waals surface area contributed by atoms with E-state index in [1.807, 2.05) is 19.9 Å². The molecule has 17 nitrogen and oxygen atoms in total. The molecular formula is C58H72F2N8O9S. The van der Waals surface area contributed by atoms with Gasteiger partial charge in [-0.2, -0.15) is 0 Å². The summed E-state index contributed by atoms with van der Waals surface area (Å²) in [6.07, 6.45) is 9.77. The highest BCUT2D eigenvalue weighted by Gasteiger charge is 2.55. The number of primary amides is 1. The van der Waals surface area contributed by atoms with Crippen molar-refractivity contribution in [3.63, 3.8) is 0 Å². The van der Waals surface area contributed by atoms with E-state index >= 15 is 0 Å². The fourth-order valence-electron chi connectivity index (χ4n) is 12.0. The van der Waals surface area contributed by atoms with E-state index < -0.39 is 81.7 Å². The molecule has 418 valence electrons. The number of allylic oxidation sites excluding steroid dienone is 1. The first-order valence-corrected chi connectivity index (χ1v) is 28.4. The summed E-state index contributed by atoms with van der Waals surface area (Å²) in [5.74, 6) is -0.711. The van der Waals surface area contributed by atoms with Gasteiger partial charge in [0.1, 0.15) is 30.2 Å². The molecule has 2 aromatic carbocycles. The lowest BCUT2D eigenvalue weighted by Crippen LogP contribution is -2.62. The van der Waals surface area contributed by atoms with Crippen LogP contribution in [0.3, 0.4) is 0 Å². The Labute approximate surface area is 458 Å². The van der Waals surface area contributed by atoms with Gasteiger partial charge in [0, 0.05) is 73.3 Å². The number of hydrogen-bond donors (Lipinski definition) is 5. The summed E-state index contributed by atoms with van der Waals surface area (Å²) in [5, 5.41) is 10.6. The molecule has 5 heterocycles. The molecule has 0 spiro atoms. The predicted octanol–water partition coefficient (Wildman–Crippen LogP) is 5.57. The minimum absolute atomic E-state index is 0.153. The molecule has 0 aromatic heterocycles. The lowest BCUT2D eigenvalue weighted by molar-refractivity contribution is -0.144. The van der Waals surface area contributed by atoms with Gasteiger partial charge < -0.3 is 36.4 Å². The largest absolute Gasteiger partial charge is 0.370 e. The molecule has 2 aromatic rings. The van der Waals surface area contributed by atoms with Crippen molar-refractivity contribution in [2.24, 2.45) is 17.6 Å². The summed E-state index contributed by atoms with van der Waals surface area (Å²) < 4.78 is 27.3. The average molecular weight is 1100 g/mol. The van der Waals surface area contributed by atoms with Crippen LogP contribution in [0.15, 0.2) is 48.5 Å². The van der Waals surface area contributed by atoms with Crippen molar-refractivity contribution < 1.29 is 51.9 Å². The van der Waals surface area contributed by atoms with Gasteiger partial charge in [-0.05, 0) is 132 Å². The van der Waals surface area contributed by atoms with E-state index in [0.29, 0.717) is 61.4 Å². The fourth-order valence-corrected chi connectivity index (χ4v) is 13.7. The van der Waals surface area contributed by atoms with Gasteiger partial charge in [-0.3, -0.25) is 48.5 Å². The number of likely N-dealkylation sites (tertiary alicyclic amines) is 1. The number of nitrogens with two attached hydrogens (primary N) is 1. The number of amides is 9. The number of hydrogen-bond acceptors (Lipinski definition) is 10. The number of fused-ring (bicyclic) bond motifs is 2. The Bertz CT molecular complexity index is 2790. The number of rotatable bonds is 16. The Kier molecular flexibility index (Phi) is 18.1.